The van der Waals surface area contributed by atoms with Gasteiger partial charge in [-0.05, 0) is 36.7 Å². The summed E-state index contributed by atoms with van der Waals surface area (Å²) in [4.78, 5) is 8.81. The lowest BCUT2D eigenvalue weighted by molar-refractivity contribution is 0.943. The fourth-order valence-electron chi connectivity index (χ4n) is 2.02. The van der Waals surface area contributed by atoms with E-state index >= 15 is 0 Å². The number of nitrogens with zero attached hydrogens (tertiary/aromatic N) is 3. The molecule has 0 amide bonds. The van der Waals surface area contributed by atoms with Gasteiger partial charge >= 0.3 is 0 Å². The monoisotopic (exact) mass is 238 g/mol. The number of para-hydroxylation sites is 2. The Kier molecular flexibility index (Phi) is 2.78. The molecule has 0 saturated carbocycles. The minimum Gasteiger partial charge on any atom is -0.330 e. The van der Waals surface area contributed by atoms with E-state index in [9.17, 15) is 0 Å². The minimum atomic E-state index is 0.648. The first-order valence-electron chi connectivity index (χ1n) is 5.96. The van der Waals surface area contributed by atoms with Crippen LogP contribution < -0.4 is 5.73 Å². The van der Waals surface area contributed by atoms with E-state index in [-0.39, 0.29) is 0 Å². The highest BCUT2D eigenvalue weighted by molar-refractivity contribution is 5.76. The number of fused-ring (bicyclic) bond motifs is 1. The SMILES string of the molecule is NCCc1ccc(-n2cnc3ccccc32)nc1. The van der Waals surface area contributed by atoms with Crippen molar-refractivity contribution in [3.8, 4) is 5.82 Å². The summed E-state index contributed by atoms with van der Waals surface area (Å²) in [6.07, 6.45) is 4.53. The Labute approximate surface area is 105 Å². The number of pyridine rings is 1. The third-order valence-electron chi connectivity index (χ3n) is 2.94. The minimum absolute atomic E-state index is 0.648. The number of benzene rings is 1. The van der Waals surface area contributed by atoms with Crippen LogP contribution in [0.5, 0.6) is 0 Å². The van der Waals surface area contributed by atoms with Crippen LogP contribution in [0.25, 0.3) is 16.9 Å². The van der Waals surface area contributed by atoms with Gasteiger partial charge in [0.25, 0.3) is 0 Å². The van der Waals surface area contributed by atoms with Crippen LogP contribution in [0.4, 0.5) is 0 Å². The van der Waals surface area contributed by atoms with E-state index in [0.717, 1.165) is 28.8 Å². The highest BCUT2D eigenvalue weighted by Crippen LogP contribution is 2.16. The molecule has 0 spiro atoms. The molecular weight excluding hydrogens is 224 g/mol. The molecule has 0 aliphatic carbocycles. The molecule has 90 valence electrons. The van der Waals surface area contributed by atoms with Crippen LogP contribution >= 0.6 is 0 Å². The Morgan fingerprint density at radius 1 is 1.06 bits per heavy atom. The van der Waals surface area contributed by atoms with Crippen molar-refractivity contribution < 1.29 is 0 Å². The third kappa shape index (κ3) is 1.87. The number of rotatable bonds is 3. The van der Waals surface area contributed by atoms with Crippen LogP contribution in [-0.4, -0.2) is 21.1 Å². The van der Waals surface area contributed by atoms with Gasteiger partial charge in [0, 0.05) is 6.20 Å². The van der Waals surface area contributed by atoms with Crippen molar-refractivity contribution in [3.63, 3.8) is 0 Å². The lowest BCUT2D eigenvalue weighted by Crippen LogP contribution is -2.03. The molecule has 3 rings (SSSR count). The second-order valence-corrected chi connectivity index (χ2v) is 4.17. The first kappa shape index (κ1) is 10.9. The lowest BCUT2D eigenvalue weighted by atomic mass is 10.2. The molecule has 1 aromatic carbocycles. The predicted molar refractivity (Wildman–Crippen MR) is 71.6 cm³/mol. The van der Waals surface area contributed by atoms with E-state index < -0.39 is 0 Å². The van der Waals surface area contributed by atoms with Gasteiger partial charge < -0.3 is 5.73 Å². The van der Waals surface area contributed by atoms with Crippen LogP contribution in [0.2, 0.25) is 0 Å². The Balaban J connectivity index is 2.03. The molecule has 18 heavy (non-hydrogen) atoms. The van der Waals surface area contributed by atoms with E-state index in [1.807, 2.05) is 41.1 Å². The van der Waals surface area contributed by atoms with E-state index in [1.165, 1.54) is 0 Å². The molecule has 0 aliphatic rings. The largest absolute Gasteiger partial charge is 0.330 e. The predicted octanol–water partition coefficient (Wildman–Crippen LogP) is 1.92. The van der Waals surface area contributed by atoms with E-state index in [2.05, 4.69) is 16.0 Å². The number of nitrogens with two attached hydrogens (primary N) is 1. The van der Waals surface area contributed by atoms with Crippen molar-refractivity contribution in [2.24, 2.45) is 5.73 Å². The van der Waals surface area contributed by atoms with Crippen LogP contribution in [0.1, 0.15) is 5.56 Å². The molecule has 2 aromatic heterocycles. The quantitative estimate of drug-likeness (QED) is 0.758. The maximum Gasteiger partial charge on any atom is 0.138 e. The van der Waals surface area contributed by atoms with Gasteiger partial charge in [0.15, 0.2) is 0 Å². The summed E-state index contributed by atoms with van der Waals surface area (Å²) in [6.45, 7) is 0.648. The van der Waals surface area contributed by atoms with Gasteiger partial charge in [-0.2, -0.15) is 0 Å². The standard InChI is InChI=1S/C14H14N4/c15-8-7-11-5-6-14(16-9-11)18-10-17-12-3-1-2-4-13(12)18/h1-6,9-10H,7-8,15H2. The van der Waals surface area contributed by atoms with Crippen LogP contribution in [0, 0.1) is 0 Å². The Bertz CT molecular complexity index is 655. The zero-order valence-electron chi connectivity index (χ0n) is 9.95. The second kappa shape index (κ2) is 4.58. The molecule has 3 aromatic rings. The Morgan fingerprint density at radius 2 is 1.94 bits per heavy atom. The van der Waals surface area contributed by atoms with E-state index in [4.69, 9.17) is 5.73 Å². The summed E-state index contributed by atoms with van der Waals surface area (Å²) in [5.74, 6) is 0.879. The zero-order chi connectivity index (χ0) is 12.4. The molecular formula is C14H14N4. The normalized spacial score (nSPS) is 10.9. The number of imidazole rings is 1. The smallest absolute Gasteiger partial charge is 0.138 e. The molecule has 0 saturated heterocycles. The number of aromatic nitrogens is 3. The molecule has 4 nitrogen and oxygen atoms in total. The van der Waals surface area contributed by atoms with Gasteiger partial charge in [-0.3, -0.25) is 4.57 Å². The van der Waals surface area contributed by atoms with Crippen LogP contribution in [0.15, 0.2) is 48.9 Å². The van der Waals surface area contributed by atoms with Crippen molar-refractivity contribution in [1.29, 1.82) is 0 Å². The zero-order valence-corrected chi connectivity index (χ0v) is 9.95. The van der Waals surface area contributed by atoms with Gasteiger partial charge in [-0.15, -0.1) is 0 Å². The van der Waals surface area contributed by atoms with Crippen LogP contribution in [0.3, 0.4) is 0 Å². The summed E-state index contributed by atoms with van der Waals surface area (Å²) in [5, 5.41) is 0. The highest BCUT2D eigenvalue weighted by Gasteiger charge is 2.04. The first-order chi connectivity index (χ1) is 8.88. The lowest BCUT2D eigenvalue weighted by Gasteiger charge is -2.04. The van der Waals surface area contributed by atoms with Gasteiger partial charge in [-0.25, -0.2) is 9.97 Å². The van der Waals surface area contributed by atoms with Crippen molar-refractivity contribution >= 4 is 11.0 Å². The van der Waals surface area contributed by atoms with Crippen LogP contribution in [-0.2, 0) is 6.42 Å². The van der Waals surface area contributed by atoms with Gasteiger partial charge in [0.05, 0.1) is 11.0 Å². The molecule has 0 unspecified atom stereocenters. The van der Waals surface area contributed by atoms with Gasteiger partial charge in [0.2, 0.25) is 0 Å². The molecule has 0 fully saturated rings. The summed E-state index contributed by atoms with van der Waals surface area (Å²) in [6, 6.07) is 12.1. The molecule has 2 heterocycles. The summed E-state index contributed by atoms with van der Waals surface area (Å²) < 4.78 is 1.99. The summed E-state index contributed by atoms with van der Waals surface area (Å²) in [5.41, 5.74) is 8.73. The summed E-state index contributed by atoms with van der Waals surface area (Å²) >= 11 is 0. The van der Waals surface area contributed by atoms with Gasteiger partial charge in [0.1, 0.15) is 12.1 Å². The molecule has 0 aliphatic heterocycles. The van der Waals surface area contributed by atoms with Gasteiger partial charge in [-0.1, -0.05) is 18.2 Å². The maximum absolute atomic E-state index is 5.52. The fourth-order valence-corrected chi connectivity index (χ4v) is 2.02. The molecule has 2 N–H and O–H groups in total. The van der Waals surface area contributed by atoms with Crippen molar-refractivity contribution in [3.05, 3.63) is 54.5 Å². The van der Waals surface area contributed by atoms with Crippen molar-refractivity contribution in [1.82, 2.24) is 14.5 Å². The Hall–Kier alpha value is -2.20. The molecule has 4 heteroatoms. The maximum atomic E-state index is 5.52. The average Bonchev–Trinajstić information content (AvgIpc) is 2.84. The highest BCUT2D eigenvalue weighted by atomic mass is 15.1. The molecule has 0 radical (unpaired) electrons. The summed E-state index contributed by atoms with van der Waals surface area (Å²) in [7, 11) is 0. The van der Waals surface area contributed by atoms with Crippen molar-refractivity contribution in [2.45, 2.75) is 6.42 Å². The third-order valence-corrected chi connectivity index (χ3v) is 2.94. The van der Waals surface area contributed by atoms with E-state index in [0.29, 0.717) is 6.54 Å². The molecule has 0 bridgehead atoms. The fraction of sp³-hybridized carbons (Fsp3) is 0.143. The topological polar surface area (TPSA) is 56.7 Å². The first-order valence-corrected chi connectivity index (χ1v) is 5.96. The van der Waals surface area contributed by atoms with E-state index in [1.54, 1.807) is 6.33 Å². The number of hydrogen-bond acceptors (Lipinski definition) is 3. The molecule has 0 atom stereocenters. The van der Waals surface area contributed by atoms with Crippen molar-refractivity contribution in [2.75, 3.05) is 6.54 Å². The number of hydrogen-bond donors (Lipinski definition) is 1. The Morgan fingerprint density at radius 3 is 2.72 bits per heavy atom. The second-order valence-electron chi connectivity index (χ2n) is 4.17. The average molecular weight is 238 g/mol.